The van der Waals surface area contributed by atoms with Crippen LogP contribution in [-0.4, -0.2) is 80.7 Å². The van der Waals surface area contributed by atoms with Crippen molar-refractivity contribution in [3.63, 3.8) is 0 Å². The number of rotatable bonds is 11. The summed E-state index contributed by atoms with van der Waals surface area (Å²) in [6.45, 7) is 21.8. The van der Waals surface area contributed by atoms with E-state index in [0.29, 0.717) is 11.1 Å². The van der Waals surface area contributed by atoms with Crippen LogP contribution in [0.2, 0.25) is 0 Å². The first-order valence-corrected chi connectivity index (χ1v) is 20.4. The average Bonchev–Trinajstić information content (AvgIpc) is 3.23. The van der Waals surface area contributed by atoms with Crippen LogP contribution in [0.15, 0.2) is 46.0 Å². The Labute approximate surface area is 354 Å². The molecule has 0 bridgehead atoms. The second-order valence-electron chi connectivity index (χ2n) is 15.4. The molecule has 16 heteroatoms. The molecule has 4 atom stereocenters. The van der Waals surface area contributed by atoms with E-state index in [1.54, 1.807) is 44.2 Å². The second-order valence-corrected chi connectivity index (χ2v) is 15.4. The number of aromatic nitrogens is 2. The molecule has 0 spiro atoms. The van der Waals surface area contributed by atoms with Gasteiger partial charge in [0.2, 0.25) is 0 Å². The van der Waals surface area contributed by atoms with Crippen molar-refractivity contribution < 1.29 is 40.9 Å². The van der Waals surface area contributed by atoms with Crippen molar-refractivity contribution in [2.45, 2.75) is 110 Å². The van der Waals surface area contributed by atoms with Gasteiger partial charge in [-0.25, -0.2) is 4.85 Å². The van der Waals surface area contributed by atoms with Crippen molar-refractivity contribution in [2.24, 2.45) is 0 Å². The highest BCUT2D eigenvalue weighted by atomic mass is 16.3. The second kappa shape index (κ2) is 18.3. The Kier molecular flexibility index (Phi) is 13.8. The number of nitriles is 1. The molecule has 2 aliphatic carbocycles. The predicted molar refractivity (Wildman–Crippen MR) is 221 cm³/mol. The lowest BCUT2D eigenvalue weighted by Gasteiger charge is -2.62. The van der Waals surface area contributed by atoms with Gasteiger partial charge >= 0.3 is 0 Å². The predicted octanol–water partition coefficient (Wildman–Crippen LogP) is 1.58. The van der Waals surface area contributed by atoms with E-state index in [2.05, 4.69) is 9.74 Å². The smallest absolute Gasteiger partial charge is 0.271 e. The normalized spacial score (nSPS) is 22.8. The van der Waals surface area contributed by atoms with Crippen molar-refractivity contribution >= 4 is 17.1 Å². The van der Waals surface area contributed by atoms with E-state index in [1.165, 1.54) is 13.8 Å². The zero-order valence-electron chi connectivity index (χ0n) is 35.5. The number of phenols is 2. The molecule has 0 radical (unpaired) electrons. The SMILES string of the molecule is CCN(C)c1ccc(C2C([O-])C(c3ccc(N(CC)CC)cc3O)C2[O-])c(O)c1.[C-]#[N+]c1c(C)c(C2C([O-])C(c3c(C)c(C#N)c(=O)n(CC)c3O)C2[O-])c(O)n(CC)c1=O. The third-order valence-electron chi connectivity index (χ3n) is 12.6. The molecule has 2 heterocycles. The van der Waals surface area contributed by atoms with Crippen molar-refractivity contribution in [2.75, 3.05) is 36.5 Å². The molecule has 326 valence electrons. The van der Waals surface area contributed by atoms with Crippen molar-refractivity contribution in [1.82, 2.24) is 9.13 Å². The fraction of sp³-hybridized carbons (Fsp3) is 0.467. The summed E-state index contributed by atoms with van der Waals surface area (Å²) in [5.41, 5.74) is 0.617. The van der Waals surface area contributed by atoms with E-state index in [4.69, 9.17) is 6.57 Å². The first kappa shape index (κ1) is 46.0. The summed E-state index contributed by atoms with van der Waals surface area (Å²) in [5, 5.41) is 104. The average molecular weight is 837 g/mol. The van der Waals surface area contributed by atoms with Gasteiger partial charge < -0.3 is 50.7 Å². The highest BCUT2D eigenvalue weighted by molar-refractivity contribution is 5.61. The number of nitrogens with zero attached hydrogens (tertiary/aromatic N) is 6. The quantitative estimate of drug-likeness (QED) is 0.157. The summed E-state index contributed by atoms with van der Waals surface area (Å²) < 4.78 is 1.88. The Balaban J connectivity index is 0.000000232. The fourth-order valence-electron chi connectivity index (χ4n) is 8.86. The number of phenolic OH excluding ortho intramolecular Hbond substituents is 2. The summed E-state index contributed by atoms with van der Waals surface area (Å²) in [4.78, 5) is 32.1. The Bertz CT molecular complexity index is 2380. The van der Waals surface area contributed by atoms with Crippen LogP contribution in [0.1, 0.15) is 97.2 Å². The van der Waals surface area contributed by atoms with Gasteiger partial charge in [-0.1, -0.05) is 12.1 Å². The van der Waals surface area contributed by atoms with Gasteiger partial charge in [0, 0.05) is 74.4 Å². The lowest BCUT2D eigenvalue weighted by Crippen LogP contribution is -2.64. The van der Waals surface area contributed by atoms with Gasteiger partial charge in [-0.15, -0.1) is 24.4 Å². The Morgan fingerprint density at radius 2 is 1.11 bits per heavy atom. The number of benzene rings is 2. The summed E-state index contributed by atoms with van der Waals surface area (Å²) >= 11 is 0. The third-order valence-corrected chi connectivity index (χ3v) is 12.6. The molecule has 0 amide bonds. The number of hydrogen-bond acceptors (Lipinski definition) is 13. The highest BCUT2D eigenvalue weighted by Crippen LogP contribution is 2.52. The van der Waals surface area contributed by atoms with Gasteiger partial charge in [0.25, 0.3) is 16.8 Å². The van der Waals surface area contributed by atoms with Crippen LogP contribution in [0.4, 0.5) is 17.1 Å². The van der Waals surface area contributed by atoms with Crippen LogP contribution in [0.3, 0.4) is 0 Å². The first-order valence-electron chi connectivity index (χ1n) is 20.4. The minimum absolute atomic E-state index is 0.0105. The highest BCUT2D eigenvalue weighted by Gasteiger charge is 2.44. The molecule has 61 heavy (non-hydrogen) atoms. The standard InChI is InChI=1S/C23H30N2O4.C22H22N4O6/c1-5-24(4)14-8-10-16(18(26)12-14)20-22(28)21(23(20)29)17-11-9-15(13-19(17)27)25(6-2)7-3;1-6-25-19(29)11(8-23)9(3)12(20(25)30)14-17(27)15(18(14)28)13-10(4)16(24-5)22(32)26(7-2)21(13)31/h8-13,20-23,26-27H,5-7H2,1-4H3;14-15,17-18,30-31H,6-7H2,1-4H3/q2*-2. The summed E-state index contributed by atoms with van der Waals surface area (Å²) in [6, 6.07) is 12.0. The first-order chi connectivity index (χ1) is 28.9. The monoisotopic (exact) mass is 836 g/mol. The topological polar surface area (TPSA) is 252 Å². The molecule has 4 aromatic rings. The number of aromatic hydroxyl groups is 4. The Morgan fingerprint density at radius 3 is 1.52 bits per heavy atom. The minimum atomic E-state index is -1.64. The van der Waals surface area contributed by atoms with Gasteiger partial charge in [-0.2, -0.15) is 5.26 Å². The van der Waals surface area contributed by atoms with Crippen LogP contribution in [0, 0.1) is 31.8 Å². The van der Waals surface area contributed by atoms with Crippen LogP contribution in [-0.2, 0) is 13.1 Å². The van der Waals surface area contributed by atoms with E-state index in [9.17, 15) is 55.7 Å². The molecule has 4 N–H and O–H groups in total. The van der Waals surface area contributed by atoms with E-state index in [-0.39, 0.29) is 58.1 Å². The van der Waals surface area contributed by atoms with Crippen molar-refractivity contribution in [3.05, 3.63) is 107 Å². The zero-order valence-corrected chi connectivity index (χ0v) is 35.5. The molecule has 2 saturated carbocycles. The number of anilines is 2. The zero-order chi connectivity index (χ0) is 45.4. The number of hydrogen-bond donors (Lipinski definition) is 4. The van der Waals surface area contributed by atoms with Crippen LogP contribution in [0.25, 0.3) is 4.85 Å². The molecule has 2 aromatic carbocycles. The molecule has 4 unspecified atom stereocenters. The maximum Gasteiger partial charge on any atom is 0.271 e. The molecule has 0 saturated heterocycles. The van der Waals surface area contributed by atoms with Gasteiger partial charge in [0.1, 0.15) is 23.1 Å². The lowest BCUT2D eigenvalue weighted by atomic mass is 9.62. The molecule has 2 fully saturated rings. The van der Waals surface area contributed by atoms with Crippen molar-refractivity contribution in [1.29, 1.82) is 5.26 Å². The van der Waals surface area contributed by atoms with Gasteiger partial charge in [-0.05, 0) is 107 Å². The Morgan fingerprint density at radius 1 is 0.689 bits per heavy atom. The molecule has 16 nitrogen and oxygen atoms in total. The van der Waals surface area contributed by atoms with E-state index in [0.717, 1.165) is 40.1 Å². The lowest BCUT2D eigenvalue weighted by molar-refractivity contribution is -0.537. The van der Waals surface area contributed by atoms with Crippen LogP contribution >= 0.6 is 0 Å². The maximum atomic E-state index is 13.3. The van der Waals surface area contributed by atoms with Gasteiger partial charge in [0.15, 0.2) is 11.8 Å². The number of pyridine rings is 2. The van der Waals surface area contributed by atoms with Crippen molar-refractivity contribution in [3.8, 4) is 29.3 Å². The minimum Gasteiger partial charge on any atom is -0.851 e. The maximum absolute atomic E-state index is 13.3. The van der Waals surface area contributed by atoms with E-state index in [1.807, 2.05) is 44.9 Å². The van der Waals surface area contributed by atoms with E-state index < -0.39 is 71.0 Å². The molecule has 0 aliphatic heterocycles. The molecule has 2 aromatic heterocycles. The summed E-state index contributed by atoms with van der Waals surface area (Å²) in [6.07, 6.45) is -5.68. The fourth-order valence-corrected chi connectivity index (χ4v) is 8.86. The molecular weight excluding hydrogens is 785 g/mol. The summed E-state index contributed by atoms with van der Waals surface area (Å²) in [5.74, 6) is -5.26. The third kappa shape index (κ3) is 7.65. The van der Waals surface area contributed by atoms with E-state index >= 15 is 0 Å². The molecular formula is C45H52N6O10-4. The van der Waals surface area contributed by atoms with Gasteiger partial charge in [0.05, 0.1) is 6.57 Å². The summed E-state index contributed by atoms with van der Waals surface area (Å²) in [7, 11) is 1.91. The molecule has 6 rings (SSSR count). The van der Waals surface area contributed by atoms with Crippen LogP contribution in [0.5, 0.6) is 23.3 Å². The van der Waals surface area contributed by atoms with Crippen LogP contribution < -0.4 is 41.3 Å². The Hall–Kier alpha value is -6.04. The van der Waals surface area contributed by atoms with Gasteiger partial charge in [-0.3, -0.25) is 18.7 Å². The molecule has 2 aliphatic rings. The largest absolute Gasteiger partial charge is 0.851 e.